The second-order valence-electron chi connectivity index (χ2n) is 5.97. The molecule has 25 heavy (non-hydrogen) atoms. The molecule has 0 bridgehead atoms. The van der Waals surface area contributed by atoms with Crippen LogP contribution in [0.1, 0.15) is 32.6 Å². The van der Waals surface area contributed by atoms with Crippen LogP contribution in [0.2, 0.25) is 0 Å². The number of benzene rings is 1. The summed E-state index contributed by atoms with van der Waals surface area (Å²) < 4.78 is 0. The summed E-state index contributed by atoms with van der Waals surface area (Å²) in [6, 6.07) is 12.2. The Balaban J connectivity index is 1.88. The van der Waals surface area contributed by atoms with Crippen LogP contribution in [0.4, 0.5) is 0 Å². The zero-order chi connectivity index (χ0) is 18.2. The minimum Gasteiger partial charge on any atom is -0.355 e. The van der Waals surface area contributed by atoms with Gasteiger partial charge in [0.25, 0.3) is 5.91 Å². The average molecular weight is 359 g/mol. The molecule has 1 unspecified atom stereocenters. The molecule has 0 radical (unpaired) electrons. The van der Waals surface area contributed by atoms with Crippen LogP contribution >= 0.6 is 11.3 Å². The number of carbonyl (C=O) groups excluding carboxylic acids is 1. The summed E-state index contributed by atoms with van der Waals surface area (Å²) in [5, 5.41) is 9.35. The molecule has 0 fully saturated rings. The van der Waals surface area contributed by atoms with Crippen molar-refractivity contribution >= 4 is 23.2 Å². The molecule has 0 spiro atoms. The fourth-order valence-corrected chi connectivity index (χ4v) is 3.55. The van der Waals surface area contributed by atoms with E-state index in [1.807, 2.05) is 29.5 Å². The second-order valence-corrected chi connectivity index (χ2v) is 7.34. The molecule has 2 aromatic rings. The summed E-state index contributed by atoms with van der Waals surface area (Å²) >= 11 is 1.83. The lowest BCUT2D eigenvalue weighted by atomic mass is 10.1. The maximum Gasteiger partial charge on any atom is 0.251 e. The summed E-state index contributed by atoms with van der Waals surface area (Å²) in [6.07, 6.45) is 0.964. The summed E-state index contributed by atoms with van der Waals surface area (Å²) in [6.45, 7) is 4.88. The number of aryl methyl sites for hydroxylation is 1. The van der Waals surface area contributed by atoms with E-state index in [1.54, 1.807) is 20.2 Å². The van der Waals surface area contributed by atoms with Gasteiger partial charge >= 0.3 is 0 Å². The molecule has 1 amide bonds. The Labute approximate surface area is 153 Å². The maximum absolute atomic E-state index is 11.7. The van der Waals surface area contributed by atoms with E-state index in [1.165, 1.54) is 9.75 Å². The Bertz CT molecular complexity index is 739. The van der Waals surface area contributed by atoms with E-state index in [2.05, 4.69) is 46.9 Å². The molecule has 2 rings (SSSR count). The maximum atomic E-state index is 11.7. The highest BCUT2D eigenvalue weighted by Gasteiger charge is 2.08. The molecule has 0 saturated carbocycles. The number of carbonyl (C=O) groups is 1. The quantitative estimate of drug-likeness (QED) is 0.549. The number of nitrogens with zero attached hydrogens (tertiary/aromatic N) is 1. The summed E-state index contributed by atoms with van der Waals surface area (Å²) in [7, 11) is 3.40. The van der Waals surface area contributed by atoms with Crippen molar-refractivity contribution < 1.29 is 4.79 Å². The predicted octanol–water partition coefficient (Wildman–Crippen LogP) is 2.71. The smallest absolute Gasteiger partial charge is 0.251 e. The van der Waals surface area contributed by atoms with Gasteiger partial charge in [0.05, 0.1) is 0 Å². The average Bonchev–Trinajstić information content (AvgIpc) is 3.02. The molecule has 1 atom stereocenters. The van der Waals surface area contributed by atoms with Gasteiger partial charge in [-0.2, -0.15) is 0 Å². The minimum absolute atomic E-state index is 0.0794. The van der Waals surface area contributed by atoms with Gasteiger partial charge in [0, 0.05) is 48.4 Å². The van der Waals surface area contributed by atoms with Crippen LogP contribution in [0, 0.1) is 6.92 Å². The van der Waals surface area contributed by atoms with E-state index >= 15 is 0 Å². The third kappa shape index (κ3) is 5.90. The van der Waals surface area contributed by atoms with Gasteiger partial charge < -0.3 is 16.0 Å². The summed E-state index contributed by atoms with van der Waals surface area (Å²) in [4.78, 5) is 18.7. The molecule has 0 aliphatic heterocycles. The van der Waals surface area contributed by atoms with Crippen molar-refractivity contribution in [2.24, 2.45) is 4.99 Å². The number of amides is 1. The van der Waals surface area contributed by atoms with Crippen molar-refractivity contribution in [2.45, 2.75) is 32.9 Å². The Morgan fingerprint density at radius 3 is 2.72 bits per heavy atom. The van der Waals surface area contributed by atoms with Crippen LogP contribution in [-0.4, -0.2) is 32.0 Å². The molecule has 134 valence electrons. The lowest BCUT2D eigenvalue weighted by Crippen LogP contribution is -2.42. The molecule has 0 aliphatic carbocycles. The lowest BCUT2D eigenvalue weighted by Gasteiger charge is -2.17. The Kier molecular flexibility index (Phi) is 7.01. The SMILES string of the molecule is CN=C(NCc1cccc(C(=O)NC)c1)NC(C)Cc1ccc(C)s1. The molecule has 5 nitrogen and oxygen atoms in total. The standard InChI is InChI=1S/C19H26N4OS/c1-13(10-17-9-8-14(2)25-17)23-19(21-4)22-12-15-6-5-7-16(11-15)18(24)20-3/h5-9,11,13H,10,12H2,1-4H3,(H,20,24)(H2,21,22,23). The van der Waals surface area contributed by atoms with Gasteiger partial charge in [0.1, 0.15) is 0 Å². The van der Waals surface area contributed by atoms with E-state index in [-0.39, 0.29) is 11.9 Å². The van der Waals surface area contributed by atoms with Gasteiger partial charge in [-0.1, -0.05) is 12.1 Å². The van der Waals surface area contributed by atoms with Gasteiger partial charge in [-0.05, 0) is 43.7 Å². The van der Waals surface area contributed by atoms with Gasteiger partial charge in [0.2, 0.25) is 0 Å². The van der Waals surface area contributed by atoms with Gasteiger partial charge in [-0.15, -0.1) is 11.3 Å². The second kappa shape index (κ2) is 9.22. The number of aliphatic imine (C=N–C) groups is 1. The van der Waals surface area contributed by atoms with Crippen LogP contribution in [0.25, 0.3) is 0 Å². The van der Waals surface area contributed by atoms with Crippen LogP contribution in [0.3, 0.4) is 0 Å². The Morgan fingerprint density at radius 1 is 1.28 bits per heavy atom. The van der Waals surface area contributed by atoms with Gasteiger partial charge in [-0.25, -0.2) is 0 Å². The highest BCUT2D eigenvalue weighted by atomic mass is 32.1. The number of nitrogens with one attached hydrogen (secondary N) is 3. The fourth-order valence-electron chi connectivity index (χ4n) is 2.53. The Morgan fingerprint density at radius 2 is 2.08 bits per heavy atom. The first-order valence-corrected chi connectivity index (χ1v) is 9.17. The number of rotatable bonds is 6. The first kappa shape index (κ1) is 19.0. The zero-order valence-corrected chi connectivity index (χ0v) is 16.0. The van der Waals surface area contributed by atoms with Crippen molar-refractivity contribution in [3.8, 4) is 0 Å². The number of hydrogen-bond donors (Lipinski definition) is 3. The van der Waals surface area contributed by atoms with Gasteiger partial charge in [-0.3, -0.25) is 9.79 Å². The van der Waals surface area contributed by atoms with Crippen LogP contribution in [-0.2, 0) is 13.0 Å². The van der Waals surface area contributed by atoms with Crippen LogP contribution < -0.4 is 16.0 Å². The van der Waals surface area contributed by atoms with E-state index in [4.69, 9.17) is 0 Å². The number of guanidine groups is 1. The first-order chi connectivity index (χ1) is 12.0. The normalized spacial score (nSPS) is 12.6. The van der Waals surface area contributed by atoms with Crippen LogP contribution in [0.15, 0.2) is 41.4 Å². The van der Waals surface area contributed by atoms with E-state index in [9.17, 15) is 4.79 Å². The van der Waals surface area contributed by atoms with E-state index in [0.29, 0.717) is 12.1 Å². The lowest BCUT2D eigenvalue weighted by molar-refractivity contribution is 0.0963. The van der Waals surface area contributed by atoms with E-state index in [0.717, 1.165) is 17.9 Å². The predicted molar refractivity (Wildman–Crippen MR) is 105 cm³/mol. The summed E-state index contributed by atoms with van der Waals surface area (Å²) in [5.74, 6) is 0.676. The zero-order valence-electron chi connectivity index (χ0n) is 15.2. The molecular formula is C19H26N4OS. The molecular weight excluding hydrogens is 332 g/mol. The minimum atomic E-state index is -0.0794. The molecule has 0 saturated heterocycles. The van der Waals surface area contributed by atoms with Crippen molar-refractivity contribution in [3.63, 3.8) is 0 Å². The number of hydrogen-bond acceptors (Lipinski definition) is 3. The molecule has 3 N–H and O–H groups in total. The van der Waals surface area contributed by atoms with Gasteiger partial charge in [0.15, 0.2) is 5.96 Å². The van der Waals surface area contributed by atoms with Crippen molar-refractivity contribution in [1.82, 2.24) is 16.0 Å². The molecule has 1 heterocycles. The highest BCUT2D eigenvalue weighted by Crippen LogP contribution is 2.16. The topological polar surface area (TPSA) is 65.5 Å². The monoisotopic (exact) mass is 358 g/mol. The van der Waals surface area contributed by atoms with Crippen molar-refractivity contribution in [3.05, 3.63) is 57.3 Å². The highest BCUT2D eigenvalue weighted by molar-refractivity contribution is 7.11. The number of thiophene rings is 1. The molecule has 0 aliphatic rings. The molecule has 6 heteroatoms. The summed E-state index contributed by atoms with van der Waals surface area (Å²) in [5.41, 5.74) is 1.69. The van der Waals surface area contributed by atoms with E-state index < -0.39 is 0 Å². The largest absolute Gasteiger partial charge is 0.355 e. The fraction of sp³-hybridized carbons (Fsp3) is 0.368. The third-order valence-electron chi connectivity index (χ3n) is 3.79. The Hall–Kier alpha value is -2.34. The molecule has 1 aromatic carbocycles. The van der Waals surface area contributed by atoms with Crippen LogP contribution in [0.5, 0.6) is 0 Å². The first-order valence-electron chi connectivity index (χ1n) is 8.35. The molecule has 1 aromatic heterocycles. The third-order valence-corrected chi connectivity index (χ3v) is 4.81. The van der Waals surface area contributed by atoms with Crippen molar-refractivity contribution in [1.29, 1.82) is 0 Å². The van der Waals surface area contributed by atoms with Crippen molar-refractivity contribution in [2.75, 3.05) is 14.1 Å².